The van der Waals surface area contributed by atoms with Crippen LogP contribution in [0.1, 0.15) is 30.6 Å². The first-order valence-corrected chi connectivity index (χ1v) is 8.27. The second-order valence-electron chi connectivity index (χ2n) is 5.32. The van der Waals surface area contributed by atoms with Gasteiger partial charge in [0.05, 0.1) is 18.0 Å². The van der Waals surface area contributed by atoms with E-state index >= 15 is 0 Å². The van der Waals surface area contributed by atoms with Crippen LogP contribution in [0.4, 0.5) is 21.9 Å². The lowest BCUT2D eigenvalue weighted by atomic mass is 10.2. The number of carbonyl (C=O) groups excluding carboxylic acids is 3. The summed E-state index contributed by atoms with van der Waals surface area (Å²) in [5, 5.41) is 8.07. The van der Waals surface area contributed by atoms with Crippen molar-refractivity contribution in [1.29, 1.82) is 0 Å². The van der Waals surface area contributed by atoms with Crippen LogP contribution in [0.15, 0.2) is 48.5 Å². The molecule has 0 aromatic heterocycles. The van der Waals surface area contributed by atoms with Crippen molar-refractivity contribution in [3.05, 3.63) is 54.1 Å². The van der Waals surface area contributed by atoms with Gasteiger partial charge >= 0.3 is 6.09 Å². The first-order valence-electron chi connectivity index (χ1n) is 8.27. The molecule has 0 atom stereocenters. The van der Waals surface area contributed by atoms with Crippen LogP contribution in [-0.4, -0.2) is 24.5 Å². The Balaban J connectivity index is 2.06. The zero-order valence-electron chi connectivity index (χ0n) is 14.7. The lowest BCUT2D eigenvalue weighted by Gasteiger charge is -2.12. The number of ether oxygens (including phenoxy) is 1. The van der Waals surface area contributed by atoms with E-state index in [9.17, 15) is 14.4 Å². The molecule has 7 nitrogen and oxygen atoms in total. The van der Waals surface area contributed by atoms with Crippen molar-refractivity contribution in [2.75, 3.05) is 22.6 Å². The van der Waals surface area contributed by atoms with Gasteiger partial charge in [-0.1, -0.05) is 19.1 Å². The van der Waals surface area contributed by atoms with Crippen molar-refractivity contribution in [2.45, 2.75) is 20.3 Å². The third kappa shape index (κ3) is 5.34. The Morgan fingerprint density at radius 2 is 1.46 bits per heavy atom. The second kappa shape index (κ2) is 9.22. The molecule has 7 heteroatoms. The van der Waals surface area contributed by atoms with Gasteiger partial charge in [0.2, 0.25) is 5.91 Å². The summed E-state index contributed by atoms with van der Waals surface area (Å²) in [4.78, 5) is 35.4. The molecule has 3 amide bonds. The van der Waals surface area contributed by atoms with Crippen LogP contribution < -0.4 is 16.0 Å². The molecule has 2 rings (SSSR count). The van der Waals surface area contributed by atoms with E-state index in [1.54, 1.807) is 62.4 Å². The van der Waals surface area contributed by atoms with Gasteiger partial charge in [0.15, 0.2) is 0 Å². The number of para-hydroxylation sites is 2. The summed E-state index contributed by atoms with van der Waals surface area (Å²) in [6.45, 7) is 3.75. The number of carbonyl (C=O) groups is 3. The van der Waals surface area contributed by atoms with Crippen molar-refractivity contribution in [3.63, 3.8) is 0 Å². The van der Waals surface area contributed by atoms with E-state index in [0.717, 1.165) is 0 Å². The average Bonchev–Trinajstić information content (AvgIpc) is 2.64. The van der Waals surface area contributed by atoms with Gasteiger partial charge in [-0.25, -0.2) is 4.79 Å². The molecule has 0 aliphatic rings. The van der Waals surface area contributed by atoms with Crippen molar-refractivity contribution in [2.24, 2.45) is 0 Å². The predicted octanol–water partition coefficient (Wildman–Crippen LogP) is 3.86. The summed E-state index contributed by atoms with van der Waals surface area (Å²) in [5.74, 6) is -0.466. The van der Waals surface area contributed by atoms with Gasteiger partial charge in [-0.2, -0.15) is 0 Å². The third-order valence-electron chi connectivity index (χ3n) is 3.44. The quantitative estimate of drug-likeness (QED) is 0.733. The van der Waals surface area contributed by atoms with Gasteiger partial charge in [0.25, 0.3) is 5.91 Å². The molecular weight excluding hydrogens is 334 g/mol. The molecule has 0 unspecified atom stereocenters. The van der Waals surface area contributed by atoms with E-state index in [4.69, 9.17) is 4.74 Å². The molecule has 0 aliphatic heterocycles. The molecule has 2 aromatic carbocycles. The summed E-state index contributed by atoms with van der Waals surface area (Å²) in [7, 11) is 0. The van der Waals surface area contributed by atoms with Gasteiger partial charge < -0.3 is 15.4 Å². The van der Waals surface area contributed by atoms with Crippen LogP contribution in [0.25, 0.3) is 0 Å². The zero-order valence-corrected chi connectivity index (χ0v) is 14.7. The SMILES string of the molecule is CCOC(=O)Nc1ccc(C(=O)Nc2ccccc2NC(=O)CC)cc1. The van der Waals surface area contributed by atoms with E-state index in [1.165, 1.54) is 0 Å². The Kier molecular flexibility index (Phi) is 6.73. The summed E-state index contributed by atoms with van der Waals surface area (Å²) >= 11 is 0. The van der Waals surface area contributed by atoms with Gasteiger partial charge in [0.1, 0.15) is 0 Å². The molecule has 0 bridgehead atoms. The van der Waals surface area contributed by atoms with Crippen molar-refractivity contribution in [3.8, 4) is 0 Å². The van der Waals surface area contributed by atoms with Crippen LogP contribution in [0, 0.1) is 0 Å². The first kappa shape index (κ1) is 19.0. The van der Waals surface area contributed by atoms with Crippen LogP contribution in [0.2, 0.25) is 0 Å². The maximum Gasteiger partial charge on any atom is 0.411 e. The predicted molar refractivity (Wildman–Crippen MR) is 100 cm³/mol. The number of rotatable bonds is 6. The Morgan fingerprint density at radius 1 is 0.846 bits per heavy atom. The number of anilines is 3. The van der Waals surface area contributed by atoms with E-state index in [2.05, 4.69) is 16.0 Å². The summed E-state index contributed by atoms with van der Waals surface area (Å²) in [5.41, 5.74) is 1.98. The molecule has 2 aromatic rings. The lowest BCUT2D eigenvalue weighted by Crippen LogP contribution is -2.16. The lowest BCUT2D eigenvalue weighted by molar-refractivity contribution is -0.115. The molecule has 26 heavy (non-hydrogen) atoms. The molecule has 136 valence electrons. The number of nitrogens with one attached hydrogen (secondary N) is 3. The van der Waals surface area contributed by atoms with Crippen molar-refractivity contribution < 1.29 is 19.1 Å². The molecule has 0 heterocycles. The summed E-state index contributed by atoms with van der Waals surface area (Å²) in [6.07, 6.45) is -0.206. The Morgan fingerprint density at radius 3 is 2.04 bits per heavy atom. The van der Waals surface area contributed by atoms with Gasteiger partial charge in [-0.3, -0.25) is 14.9 Å². The number of hydrogen-bond acceptors (Lipinski definition) is 4. The zero-order chi connectivity index (χ0) is 18.9. The summed E-state index contributed by atoms with van der Waals surface area (Å²) in [6, 6.07) is 13.4. The Labute approximate surface area is 151 Å². The van der Waals surface area contributed by atoms with E-state index in [1.807, 2.05) is 0 Å². The number of hydrogen-bond donors (Lipinski definition) is 3. The van der Waals surface area contributed by atoms with Crippen LogP contribution in [0.5, 0.6) is 0 Å². The Bertz CT molecular complexity index is 788. The number of amides is 3. The minimum atomic E-state index is -0.551. The standard InChI is InChI=1S/C19H21N3O4/c1-3-17(23)21-15-7-5-6-8-16(15)22-18(24)13-9-11-14(12-10-13)20-19(25)26-4-2/h5-12H,3-4H2,1-2H3,(H,20,25)(H,21,23)(H,22,24). The summed E-state index contributed by atoms with van der Waals surface area (Å²) < 4.78 is 4.79. The fourth-order valence-electron chi connectivity index (χ4n) is 2.12. The van der Waals surface area contributed by atoms with Crippen LogP contribution in [-0.2, 0) is 9.53 Å². The molecule has 0 saturated carbocycles. The molecule has 0 fully saturated rings. The van der Waals surface area contributed by atoms with Crippen LogP contribution >= 0.6 is 0 Å². The third-order valence-corrected chi connectivity index (χ3v) is 3.44. The van der Waals surface area contributed by atoms with Crippen molar-refractivity contribution in [1.82, 2.24) is 0 Å². The molecule has 0 radical (unpaired) electrons. The van der Waals surface area contributed by atoms with E-state index < -0.39 is 6.09 Å². The highest BCUT2D eigenvalue weighted by atomic mass is 16.5. The highest BCUT2D eigenvalue weighted by Gasteiger charge is 2.11. The fraction of sp³-hybridized carbons (Fsp3) is 0.211. The minimum Gasteiger partial charge on any atom is -0.450 e. The van der Waals surface area contributed by atoms with Gasteiger partial charge in [0, 0.05) is 17.7 Å². The highest BCUT2D eigenvalue weighted by Crippen LogP contribution is 2.22. The molecule has 3 N–H and O–H groups in total. The highest BCUT2D eigenvalue weighted by molar-refractivity contribution is 6.07. The minimum absolute atomic E-state index is 0.138. The maximum absolute atomic E-state index is 12.4. The topological polar surface area (TPSA) is 96.5 Å². The van der Waals surface area contributed by atoms with Gasteiger partial charge in [-0.05, 0) is 43.3 Å². The monoisotopic (exact) mass is 355 g/mol. The van der Waals surface area contributed by atoms with Gasteiger partial charge in [-0.15, -0.1) is 0 Å². The van der Waals surface area contributed by atoms with Crippen molar-refractivity contribution >= 4 is 35.0 Å². The fourth-order valence-corrected chi connectivity index (χ4v) is 2.12. The smallest absolute Gasteiger partial charge is 0.411 e. The largest absolute Gasteiger partial charge is 0.450 e. The molecule has 0 aliphatic carbocycles. The van der Waals surface area contributed by atoms with E-state index in [0.29, 0.717) is 29.0 Å². The Hall–Kier alpha value is -3.35. The number of benzene rings is 2. The molecule has 0 spiro atoms. The first-order chi connectivity index (χ1) is 12.5. The maximum atomic E-state index is 12.4. The van der Waals surface area contributed by atoms with E-state index in [-0.39, 0.29) is 18.4 Å². The molecule has 0 saturated heterocycles. The average molecular weight is 355 g/mol. The molecular formula is C19H21N3O4. The van der Waals surface area contributed by atoms with Crippen LogP contribution in [0.3, 0.4) is 0 Å². The normalized spacial score (nSPS) is 9.92. The second-order valence-corrected chi connectivity index (χ2v) is 5.32.